The summed E-state index contributed by atoms with van der Waals surface area (Å²) < 4.78 is 7.20. The van der Waals surface area contributed by atoms with Crippen LogP contribution in [0.15, 0.2) is 67.0 Å². The van der Waals surface area contributed by atoms with Gasteiger partial charge in [0.15, 0.2) is 0 Å². The van der Waals surface area contributed by atoms with Crippen LogP contribution in [0.5, 0.6) is 5.75 Å². The molecular weight excluding hydrogens is 262 g/mol. The van der Waals surface area contributed by atoms with Crippen molar-refractivity contribution in [3.8, 4) is 11.4 Å². The van der Waals surface area contributed by atoms with Crippen LogP contribution in [0.3, 0.4) is 0 Å². The van der Waals surface area contributed by atoms with Crippen LogP contribution in [0.1, 0.15) is 5.56 Å². The van der Waals surface area contributed by atoms with Gasteiger partial charge in [-0.2, -0.15) is 5.10 Å². The summed E-state index contributed by atoms with van der Waals surface area (Å²) in [7, 11) is 1.67. The number of benzene rings is 2. The third-order valence-electron chi connectivity index (χ3n) is 3.25. The molecule has 0 aliphatic rings. The molecule has 21 heavy (non-hydrogen) atoms. The molecule has 0 saturated carbocycles. The Balaban J connectivity index is 1.71. The molecule has 1 N–H and O–H groups in total. The monoisotopic (exact) mass is 279 g/mol. The zero-order chi connectivity index (χ0) is 14.5. The third-order valence-corrected chi connectivity index (χ3v) is 3.25. The van der Waals surface area contributed by atoms with Crippen molar-refractivity contribution in [2.45, 2.75) is 6.54 Å². The SMILES string of the molecule is COc1ccccc1NCc1cnn(-c2ccccc2)c1. The maximum absolute atomic E-state index is 5.32. The first-order chi connectivity index (χ1) is 10.4. The second kappa shape index (κ2) is 6.13. The summed E-state index contributed by atoms with van der Waals surface area (Å²) >= 11 is 0. The van der Waals surface area contributed by atoms with Gasteiger partial charge < -0.3 is 10.1 Å². The van der Waals surface area contributed by atoms with Gasteiger partial charge in [0.1, 0.15) is 5.75 Å². The van der Waals surface area contributed by atoms with Crippen molar-refractivity contribution in [2.24, 2.45) is 0 Å². The van der Waals surface area contributed by atoms with Crippen molar-refractivity contribution < 1.29 is 4.74 Å². The van der Waals surface area contributed by atoms with E-state index in [0.29, 0.717) is 6.54 Å². The van der Waals surface area contributed by atoms with E-state index < -0.39 is 0 Å². The van der Waals surface area contributed by atoms with Crippen molar-refractivity contribution in [1.82, 2.24) is 9.78 Å². The quantitative estimate of drug-likeness (QED) is 0.777. The molecule has 4 heteroatoms. The first-order valence-corrected chi connectivity index (χ1v) is 6.82. The molecule has 0 unspecified atom stereocenters. The van der Waals surface area contributed by atoms with Crippen molar-refractivity contribution in [3.63, 3.8) is 0 Å². The highest BCUT2D eigenvalue weighted by Crippen LogP contribution is 2.23. The fourth-order valence-corrected chi connectivity index (χ4v) is 2.16. The van der Waals surface area contributed by atoms with E-state index in [-0.39, 0.29) is 0 Å². The zero-order valence-corrected chi connectivity index (χ0v) is 11.9. The molecule has 0 fully saturated rings. The zero-order valence-electron chi connectivity index (χ0n) is 11.9. The fourth-order valence-electron chi connectivity index (χ4n) is 2.16. The van der Waals surface area contributed by atoms with Gasteiger partial charge >= 0.3 is 0 Å². The molecule has 0 saturated heterocycles. The number of hydrogen-bond donors (Lipinski definition) is 1. The van der Waals surface area contributed by atoms with Crippen LogP contribution < -0.4 is 10.1 Å². The Hall–Kier alpha value is -2.75. The molecule has 0 spiro atoms. The lowest BCUT2D eigenvalue weighted by atomic mass is 10.2. The summed E-state index contributed by atoms with van der Waals surface area (Å²) in [6.07, 6.45) is 3.90. The maximum atomic E-state index is 5.32. The molecule has 0 amide bonds. The Labute approximate surface area is 124 Å². The number of para-hydroxylation sites is 3. The average Bonchev–Trinajstić information content (AvgIpc) is 3.03. The normalized spacial score (nSPS) is 10.3. The van der Waals surface area contributed by atoms with Crippen LogP contribution in [0.25, 0.3) is 5.69 Å². The fraction of sp³-hybridized carbons (Fsp3) is 0.118. The molecular formula is C17H17N3O. The van der Waals surface area contributed by atoms with Gasteiger partial charge in [-0.25, -0.2) is 4.68 Å². The van der Waals surface area contributed by atoms with Crippen molar-refractivity contribution in [1.29, 1.82) is 0 Å². The smallest absolute Gasteiger partial charge is 0.141 e. The molecule has 3 aromatic rings. The van der Waals surface area contributed by atoms with E-state index >= 15 is 0 Å². The summed E-state index contributed by atoms with van der Waals surface area (Å²) in [5.41, 5.74) is 3.15. The lowest BCUT2D eigenvalue weighted by Gasteiger charge is -2.09. The highest BCUT2D eigenvalue weighted by molar-refractivity contribution is 5.56. The predicted octanol–water partition coefficient (Wildman–Crippen LogP) is 3.49. The number of ether oxygens (including phenoxy) is 1. The van der Waals surface area contributed by atoms with Crippen LogP contribution in [0.2, 0.25) is 0 Å². The lowest BCUT2D eigenvalue weighted by Crippen LogP contribution is -2.00. The van der Waals surface area contributed by atoms with Crippen LogP contribution in [-0.2, 0) is 6.54 Å². The summed E-state index contributed by atoms with van der Waals surface area (Å²) in [6.45, 7) is 0.702. The number of aromatic nitrogens is 2. The van der Waals surface area contributed by atoms with Crippen molar-refractivity contribution in [2.75, 3.05) is 12.4 Å². The van der Waals surface area contributed by atoms with Crippen LogP contribution in [-0.4, -0.2) is 16.9 Å². The van der Waals surface area contributed by atoms with E-state index in [2.05, 4.69) is 10.4 Å². The Morgan fingerprint density at radius 3 is 2.62 bits per heavy atom. The standard InChI is InChI=1S/C17H17N3O/c1-21-17-10-6-5-9-16(17)18-11-14-12-19-20(13-14)15-7-3-2-4-8-15/h2-10,12-13,18H,11H2,1H3. The van der Waals surface area contributed by atoms with Gasteiger partial charge in [0, 0.05) is 18.3 Å². The van der Waals surface area contributed by atoms with Gasteiger partial charge in [0.25, 0.3) is 0 Å². The van der Waals surface area contributed by atoms with Crippen molar-refractivity contribution in [3.05, 3.63) is 72.6 Å². The van der Waals surface area contributed by atoms with Gasteiger partial charge in [-0.3, -0.25) is 0 Å². The number of rotatable bonds is 5. The van der Waals surface area contributed by atoms with E-state index in [1.165, 1.54) is 0 Å². The van der Waals surface area contributed by atoms with Gasteiger partial charge in [0.2, 0.25) is 0 Å². The Morgan fingerprint density at radius 2 is 1.81 bits per heavy atom. The molecule has 0 aliphatic carbocycles. The molecule has 2 aromatic carbocycles. The van der Waals surface area contributed by atoms with Gasteiger partial charge in [0.05, 0.1) is 24.7 Å². The Kier molecular flexibility index (Phi) is 3.87. The van der Waals surface area contributed by atoms with E-state index in [4.69, 9.17) is 4.74 Å². The minimum Gasteiger partial charge on any atom is -0.495 e. The molecule has 1 heterocycles. The lowest BCUT2D eigenvalue weighted by molar-refractivity contribution is 0.416. The minimum atomic E-state index is 0.702. The molecule has 0 atom stereocenters. The number of nitrogens with one attached hydrogen (secondary N) is 1. The van der Waals surface area contributed by atoms with E-state index in [1.807, 2.05) is 71.7 Å². The summed E-state index contributed by atoms with van der Waals surface area (Å²) in [4.78, 5) is 0. The van der Waals surface area contributed by atoms with E-state index in [9.17, 15) is 0 Å². The average molecular weight is 279 g/mol. The maximum Gasteiger partial charge on any atom is 0.141 e. The van der Waals surface area contributed by atoms with Crippen LogP contribution in [0, 0.1) is 0 Å². The molecule has 106 valence electrons. The Morgan fingerprint density at radius 1 is 1.05 bits per heavy atom. The van der Waals surface area contributed by atoms with Gasteiger partial charge in [-0.05, 0) is 24.3 Å². The molecule has 0 bridgehead atoms. The topological polar surface area (TPSA) is 39.1 Å². The third kappa shape index (κ3) is 3.05. The summed E-state index contributed by atoms with van der Waals surface area (Å²) in [5, 5.41) is 7.75. The minimum absolute atomic E-state index is 0.702. The molecule has 0 radical (unpaired) electrons. The van der Waals surface area contributed by atoms with Gasteiger partial charge in [-0.1, -0.05) is 30.3 Å². The first-order valence-electron chi connectivity index (χ1n) is 6.82. The van der Waals surface area contributed by atoms with Crippen LogP contribution in [0.4, 0.5) is 5.69 Å². The number of methoxy groups -OCH3 is 1. The Bertz CT molecular complexity index is 707. The molecule has 3 rings (SSSR count). The molecule has 0 aliphatic heterocycles. The van der Waals surface area contributed by atoms with Crippen LogP contribution >= 0.6 is 0 Å². The van der Waals surface area contributed by atoms with E-state index in [0.717, 1.165) is 22.7 Å². The van der Waals surface area contributed by atoms with E-state index in [1.54, 1.807) is 7.11 Å². The van der Waals surface area contributed by atoms with Crippen molar-refractivity contribution >= 4 is 5.69 Å². The number of anilines is 1. The summed E-state index contributed by atoms with van der Waals surface area (Å²) in [5.74, 6) is 0.841. The second-order valence-electron chi connectivity index (χ2n) is 4.68. The molecule has 4 nitrogen and oxygen atoms in total. The largest absolute Gasteiger partial charge is 0.495 e. The predicted molar refractivity (Wildman–Crippen MR) is 83.9 cm³/mol. The summed E-state index contributed by atoms with van der Waals surface area (Å²) in [6, 6.07) is 17.9. The highest BCUT2D eigenvalue weighted by atomic mass is 16.5. The molecule has 1 aromatic heterocycles. The number of hydrogen-bond acceptors (Lipinski definition) is 3. The second-order valence-corrected chi connectivity index (χ2v) is 4.68. The van der Waals surface area contributed by atoms with Gasteiger partial charge in [-0.15, -0.1) is 0 Å². The first kappa shape index (κ1) is 13.2. The number of nitrogens with zero attached hydrogens (tertiary/aromatic N) is 2. The highest BCUT2D eigenvalue weighted by Gasteiger charge is 2.03.